The van der Waals surface area contributed by atoms with E-state index in [1.807, 2.05) is 24.3 Å². The van der Waals surface area contributed by atoms with Crippen molar-refractivity contribution in [1.29, 1.82) is 5.41 Å². The number of hydrogen-bond donors (Lipinski definition) is 13. The molecule has 5 heterocycles. The van der Waals surface area contributed by atoms with Gasteiger partial charge in [0.2, 0.25) is 59.0 Å². The maximum atomic E-state index is 12.2. The van der Waals surface area contributed by atoms with E-state index in [4.69, 9.17) is 51.7 Å². The van der Waals surface area contributed by atoms with Crippen LogP contribution in [-0.2, 0) is 86.5 Å². The van der Waals surface area contributed by atoms with Crippen LogP contribution in [0, 0.1) is 12.3 Å². The van der Waals surface area contributed by atoms with Crippen molar-refractivity contribution in [3.63, 3.8) is 0 Å². The summed E-state index contributed by atoms with van der Waals surface area (Å²) in [4.78, 5) is 180. The highest BCUT2D eigenvalue weighted by Gasteiger charge is 2.31. The quantitative estimate of drug-likeness (QED) is 0.00917. The average Bonchev–Trinajstić information content (AvgIpc) is 1.66. The second-order valence-electron chi connectivity index (χ2n) is 26.8. The van der Waals surface area contributed by atoms with Crippen LogP contribution in [0.1, 0.15) is 159 Å². The second-order valence-corrected chi connectivity index (χ2v) is 26.8. The third-order valence-electron chi connectivity index (χ3n) is 17.0. The topological polar surface area (TPSA) is 600 Å². The number of aryl methyl sites for hydroxylation is 1. The summed E-state index contributed by atoms with van der Waals surface area (Å²) >= 11 is 0. The standard InChI is InChI=1S/C20H25N5O6.C20H23N5O5.C18H23N5O5.C18H23N5O4/c1-11(26)18(23-12(2)27)10-22-19(29)9-16-8-17(24-31-16)14-4-6-15(7-5-14)20(21)25-30-13(3)28;1-11(26)18(22-12(2)27)10-21-19(28)9-16-8-17(24-30-16)14-4-6-15(7-5-14)20-23-13(3)29-25-20;1-10(24)16(21-11(2)25)9-20-17(26)8-14-7-15(23-28-14)12-3-5-13(6-4-12)18(19)22-27;1-10(24)16(22-11(2)25)9-21-17(26)8-14-7-15(23-27-14)12-3-5-13(6-4-12)18(19)20/h4-7,16,18H,8-10H2,1-3H3,(H2,21,25)(H,22,29)(H,23,27);4-7,16,18H,8-10H2,1-3H3,(H,21,28)(H,22,27);3-6,14,16,27H,7-9H2,1-2H3,(H2,19,22)(H,20,26)(H,21,25);3-6,14,16H,7-9H2,1-2H3,(H3,19,20)(H,21,26)(H,22,25). The van der Waals surface area contributed by atoms with Gasteiger partial charge in [-0.05, 0) is 49.9 Å². The van der Waals surface area contributed by atoms with Crippen LogP contribution in [-0.4, -0.2) is 207 Å². The van der Waals surface area contributed by atoms with E-state index in [0.717, 1.165) is 33.5 Å². The monoisotopic (exact) mass is 1610 g/mol. The molecule has 0 fully saturated rings. The number of amidine groups is 3. The van der Waals surface area contributed by atoms with Crippen LogP contribution in [0.5, 0.6) is 0 Å². The number of nitrogen functional groups attached to an aromatic ring is 1. The predicted octanol–water partition coefficient (Wildman–Crippen LogP) is 1.04. The van der Waals surface area contributed by atoms with Gasteiger partial charge in [-0.25, -0.2) is 4.79 Å². The number of ketones is 4. The van der Waals surface area contributed by atoms with Crippen LogP contribution in [0.25, 0.3) is 11.4 Å². The van der Waals surface area contributed by atoms with Crippen molar-refractivity contribution < 1.29 is 96.2 Å². The third-order valence-corrected chi connectivity index (χ3v) is 17.0. The van der Waals surface area contributed by atoms with Gasteiger partial charge in [0.25, 0.3) is 0 Å². The Balaban J connectivity index is 0.000000241. The van der Waals surface area contributed by atoms with Crippen molar-refractivity contribution in [2.45, 2.75) is 169 Å². The Hall–Kier alpha value is -14.0. The van der Waals surface area contributed by atoms with Gasteiger partial charge in [0.05, 0.1) is 48.5 Å². The Kier molecular flexibility index (Phi) is 35.2. The van der Waals surface area contributed by atoms with Gasteiger partial charge in [0.1, 0.15) is 54.4 Å². The summed E-state index contributed by atoms with van der Waals surface area (Å²) < 4.78 is 4.98. The zero-order valence-corrected chi connectivity index (χ0v) is 65.4. The second kappa shape index (κ2) is 44.9. The van der Waals surface area contributed by atoms with E-state index in [1.165, 1.54) is 62.3 Å². The minimum atomic E-state index is -0.770. The van der Waals surface area contributed by atoms with Gasteiger partial charge in [-0.2, -0.15) is 4.98 Å². The number of benzene rings is 4. The number of oxime groups is 6. The van der Waals surface area contributed by atoms with Crippen LogP contribution in [0.4, 0.5) is 0 Å². The number of carbonyl (C=O) groups is 13. The number of Topliss-reactive ketones (excluding diaryl/α,β-unsaturated/α-hetero) is 4. The van der Waals surface area contributed by atoms with Gasteiger partial charge in [0.15, 0.2) is 34.8 Å². The maximum Gasteiger partial charge on any atom is 0.332 e. The van der Waals surface area contributed by atoms with Crippen molar-refractivity contribution in [2.75, 3.05) is 26.2 Å². The Morgan fingerprint density at radius 1 is 0.431 bits per heavy atom. The van der Waals surface area contributed by atoms with Crippen LogP contribution < -0.4 is 59.7 Å². The van der Waals surface area contributed by atoms with Gasteiger partial charge in [-0.1, -0.05) is 133 Å². The zero-order chi connectivity index (χ0) is 85.3. The molecule has 0 saturated carbocycles. The summed E-state index contributed by atoms with van der Waals surface area (Å²) in [5.74, 6) is -3.01. The molecule has 618 valence electrons. The van der Waals surface area contributed by atoms with E-state index in [2.05, 4.69) is 88.4 Å². The normalized spacial score (nSPS) is 16.7. The van der Waals surface area contributed by atoms with Crippen LogP contribution in [0.2, 0.25) is 0 Å². The zero-order valence-electron chi connectivity index (χ0n) is 65.4. The van der Waals surface area contributed by atoms with Crippen LogP contribution in [0.15, 0.2) is 133 Å². The number of hydrogen-bond acceptors (Lipinski definition) is 29. The number of aromatic nitrogens is 2. The molecule has 0 bridgehead atoms. The first-order valence-electron chi connectivity index (χ1n) is 36.2. The van der Waals surface area contributed by atoms with Gasteiger partial charge in [-0.15, -0.1) is 0 Å². The Labute approximate surface area is 665 Å². The molecule has 0 saturated heterocycles. The third kappa shape index (κ3) is 30.9. The van der Waals surface area contributed by atoms with Gasteiger partial charge in [0, 0.05) is 116 Å². The molecule has 116 heavy (non-hydrogen) atoms. The molecule has 4 aliphatic heterocycles. The molecule has 1 aromatic heterocycles. The molecule has 9 rings (SSSR count). The van der Waals surface area contributed by atoms with Gasteiger partial charge in [-0.3, -0.25) is 62.9 Å². The Morgan fingerprint density at radius 3 is 0.940 bits per heavy atom. The fraction of sp³-hybridized carbons (Fsp3) is 0.395. The summed E-state index contributed by atoms with van der Waals surface area (Å²) in [7, 11) is 0. The lowest BCUT2D eigenvalue weighted by molar-refractivity contribution is -0.141. The fourth-order valence-corrected chi connectivity index (χ4v) is 10.9. The largest absolute Gasteiger partial charge is 0.409 e. The number of nitrogens with zero attached hydrogens (tertiary/aromatic N) is 8. The molecule has 8 atom stereocenters. The number of carbonyl (C=O) groups excluding carboxylic acids is 13. The van der Waals surface area contributed by atoms with Gasteiger partial charge < -0.3 is 93.7 Å². The summed E-state index contributed by atoms with van der Waals surface area (Å²) in [5, 5.41) is 63.0. The van der Waals surface area contributed by atoms with E-state index < -0.39 is 54.6 Å². The lowest BCUT2D eigenvalue weighted by Crippen LogP contribution is -2.47. The first-order chi connectivity index (χ1) is 55.0. The summed E-state index contributed by atoms with van der Waals surface area (Å²) in [5.41, 5.74) is 25.4. The minimum absolute atomic E-state index is 0.00591. The summed E-state index contributed by atoms with van der Waals surface area (Å²) in [6.07, 6.45) is 0.463. The fourth-order valence-electron chi connectivity index (χ4n) is 10.9. The molecular weight excluding hydrogens is 1510 g/mol. The van der Waals surface area contributed by atoms with E-state index in [0.29, 0.717) is 71.2 Å². The van der Waals surface area contributed by atoms with Gasteiger partial charge >= 0.3 is 5.97 Å². The lowest BCUT2D eigenvalue weighted by atomic mass is 10.0. The minimum Gasteiger partial charge on any atom is -0.409 e. The van der Waals surface area contributed by atoms with E-state index >= 15 is 0 Å². The lowest BCUT2D eigenvalue weighted by Gasteiger charge is -2.16. The van der Waals surface area contributed by atoms with Crippen molar-refractivity contribution in [3.05, 3.63) is 142 Å². The SMILES string of the molecule is CC(=O)NC(CNC(=O)CC1CC(c2ccc(-c3noc(C)n3)cc2)=NO1)C(C)=O.CC(=O)NC(CNC(=O)CC1CC(c2ccc(/C(N)=N\O)cc2)=NO1)C(C)=O.CC(=O)NC(CNC(=O)CC1CC(c2ccc(/C(N)=N\OC(C)=O)cc2)=NO1)C(C)=O.CC(=O)NC(CNC(=O)CC1CC(c2ccc(C(=N)N)cc2)=NO1)C(C)=O. The van der Waals surface area contributed by atoms with Crippen LogP contribution >= 0.6 is 0 Å². The van der Waals surface area contributed by atoms with E-state index in [-0.39, 0.29) is 140 Å². The number of amides is 8. The van der Waals surface area contributed by atoms with E-state index in [1.54, 1.807) is 79.7 Å². The number of nitrogens with one attached hydrogen (secondary N) is 9. The Bertz CT molecular complexity index is 4600. The van der Waals surface area contributed by atoms with Crippen molar-refractivity contribution >= 4 is 117 Å². The molecule has 0 aliphatic carbocycles. The van der Waals surface area contributed by atoms with Crippen molar-refractivity contribution in [2.24, 2.45) is 48.1 Å². The molecule has 4 aliphatic rings. The molecule has 0 radical (unpaired) electrons. The molecule has 40 heteroatoms. The first-order valence-corrected chi connectivity index (χ1v) is 36.2. The highest BCUT2D eigenvalue weighted by molar-refractivity contribution is 6.06. The molecule has 40 nitrogen and oxygen atoms in total. The smallest absolute Gasteiger partial charge is 0.332 e. The summed E-state index contributed by atoms with van der Waals surface area (Å²) in [6, 6.07) is 25.4. The number of rotatable bonds is 33. The molecule has 5 aromatic rings. The average molecular weight is 1610 g/mol. The molecule has 0 spiro atoms. The number of nitrogens with two attached hydrogens (primary N) is 3. The highest BCUT2D eigenvalue weighted by Crippen LogP contribution is 2.25. The molecule has 8 amide bonds. The predicted molar refractivity (Wildman–Crippen MR) is 418 cm³/mol. The molecule has 4 aromatic carbocycles. The highest BCUT2D eigenvalue weighted by atomic mass is 16.7. The van der Waals surface area contributed by atoms with Crippen molar-refractivity contribution in [1.82, 2.24) is 52.7 Å². The molecule has 16 N–H and O–H groups in total. The Morgan fingerprint density at radius 2 is 0.698 bits per heavy atom. The molecule has 8 unspecified atom stereocenters. The van der Waals surface area contributed by atoms with Crippen molar-refractivity contribution in [3.8, 4) is 11.4 Å². The summed E-state index contributed by atoms with van der Waals surface area (Å²) in [6.45, 7) is 13.7. The molecular formula is C76H94N20O20. The maximum absolute atomic E-state index is 12.2. The van der Waals surface area contributed by atoms with Crippen LogP contribution in [0.3, 0.4) is 0 Å². The first kappa shape index (κ1) is 90.9. The van der Waals surface area contributed by atoms with E-state index in [9.17, 15) is 62.3 Å².